The Kier molecular flexibility index (Phi) is 5.10. The van der Waals surface area contributed by atoms with Crippen LogP contribution in [0.1, 0.15) is 32.7 Å². The molecule has 0 fully saturated rings. The Labute approximate surface area is 204 Å². The molecule has 3 heterocycles. The minimum atomic E-state index is -1.30. The van der Waals surface area contributed by atoms with Crippen LogP contribution < -0.4 is 10.2 Å². The van der Waals surface area contributed by atoms with Crippen LogP contribution in [0.25, 0.3) is 10.9 Å². The fourth-order valence-electron chi connectivity index (χ4n) is 4.96. The Hall–Kier alpha value is -4.79. The van der Waals surface area contributed by atoms with Gasteiger partial charge in [0.25, 0.3) is 11.8 Å². The second kappa shape index (κ2) is 8.46. The maximum Gasteiger partial charge on any atom is 0.272 e. The van der Waals surface area contributed by atoms with Gasteiger partial charge in [-0.05, 0) is 30.2 Å². The third kappa shape index (κ3) is 3.36. The molecule has 3 N–H and O–H groups in total. The van der Waals surface area contributed by atoms with Crippen molar-refractivity contribution in [2.75, 3.05) is 11.4 Å². The lowest BCUT2D eigenvalue weighted by Gasteiger charge is -2.21. The average molecular weight is 481 g/mol. The number of rotatable bonds is 4. The first-order valence-electron chi connectivity index (χ1n) is 11.4. The highest BCUT2D eigenvalue weighted by Crippen LogP contribution is 2.36. The van der Waals surface area contributed by atoms with E-state index in [0.29, 0.717) is 46.4 Å². The highest BCUT2D eigenvalue weighted by Gasteiger charge is 2.38. The number of aromatic amines is 1. The summed E-state index contributed by atoms with van der Waals surface area (Å²) in [7, 11) is 0. The van der Waals surface area contributed by atoms with Crippen LogP contribution >= 0.6 is 0 Å². The van der Waals surface area contributed by atoms with Gasteiger partial charge in [-0.1, -0.05) is 53.7 Å². The van der Waals surface area contributed by atoms with E-state index in [0.717, 1.165) is 5.56 Å². The number of para-hydroxylation sites is 2. The number of hydrogen-bond acceptors (Lipinski definition) is 5. The molecule has 0 radical (unpaired) electrons. The van der Waals surface area contributed by atoms with Crippen LogP contribution in [0.5, 0.6) is 0 Å². The van der Waals surface area contributed by atoms with Crippen LogP contribution in [0, 0.1) is 5.82 Å². The monoisotopic (exact) mass is 481 g/mol. The van der Waals surface area contributed by atoms with Gasteiger partial charge >= 0.3 is 0 Å². The molecule has 0 bridgehead atoms. The number of fused-ring (bicyclic) bond motifs is 1. The first-order chi connectivity index (χ1) is 17.6. The van der Waals surface area contributed by atoms with Crippen molar-refractivity contribution >= 4 is 40.3 Å². The van der Waals surface area contributed by atoms with Crippen molar-refractivity contribution in [1.82, 2.24) is 10.3 Å². The van der Waals surface area contributed by atoms with Gasteiger partial charge in [0.1, 0.15) is 11.5 Å². The highest BCUT2D eigenvalue weighted by molar-refractivity contribution is 6.21. The van der Waals surface area contributed by atoms with Crippen molar-refractivity contribution in [1.29, 1.82) is 0 Å². The number of aliphatic imine (C=N–C) groups is 1. The van der Waals surface area contributed by atoms with Gasteiger partial charge in [-0.2, -0.15) is 0 Å². The molecule has 0 aliphatic carbocycles. The standard InChI is InChI=1S/C27H20FN5O3/c28-20-10-3-1-8-17(20)22-18-9-5-6-15-12-13-33(24(15)18)27(35)25(31-22)32-26(34)23-19(14-29-36)16-7-2-4-11-21(16)30-23/h1-11,14,25,30,36H,12-13H2,(H,32,34). The molecule has 1 unspecified atom stereocenters. The van der Waals surface area contributed by atoms with E-state index in [1.807, 2.05) is 24.3 Å². The molecule has 9 heteroatoms. The van der Waals surface area contributed by atoms with Crippen LogP contribution in [0.2, 0.25) is 0 Å². The number of carbonyl (C=O) groups is 2. The predicted octanol–water partition coefficient (Wildman–Crippen LogP) is 3.61. The number of aromatic nitrogens is 1. The van der Waals surface area contributed by atoms with Crippen LogP contribution in [-0.2, 0) is 11.2 Å². The fourth-order valence-corrected chi connectivity index (χ4v) is 4.96. The second-order valence-electron chi connectivity index (χ2n) is 8.59. The van der Waals surface area contributed by atoms with Gasteiger partial charge in [-0.3, -0.25) is 9.59 Å². The van der Waals surface area contributed by atoms with Gasteiger partial charge in [-0.15, -0.1) is 0 Å². The molecule has 3 aromatic carbocycles. The first-order valence-corrected chi connectivity index (χ1v) is 11.4. The van der Waals surface area contributed by atoms with Gasteiger partial charge in [-0.25, -0.2) is 9.38 Å². The van der Waals surface area contributed by atoms with Gasteiger partial charge in [0, 0.05) is 34.1 Å². The SMILES string of the molecule is O=C(NC1N=C(c2ccccc2F)c2cccc3c2N(CC3)C1=O)c1[nH]c2ccccc2c1C=NO. The minimum absolute atomic E-state index is 0.119. The van der Waals surface area contributed by atoms with Crippen molar-refractivity contribution in [2.24, 2.45) is 10.1 Å². The van der Waals surface area contributed by atoms with E-state index in [2.05, 4.69) is 20.4 Å². The van der Waals surface area contributed by atoms with Crippen molar-refractivity contribution in [3.8, 4) is 0 Å². The highest BCUT2D eigenvalue weighted by atomic mass is 19.1. The Bertz CT molecular complexity index is 1610. The van der Waals surface area contributed by atoms with Crippen molar-refractivity contribution in [3.63, 3.8) is 0 Å². The molecule has 1 atom stereocenters. The van der Waals surface area contributed by atoms with E-state index in [1.165, 1.54) is 12.3 Å². The summed E-state index contributed by atoms with van der Waals surface area (Å²) >= 11 is 0. The van der Waals surface area contributed by atoms with E-state index >= 15 is 0 Å². The molecule has 2 amide bonds. The van der Waals surface area contributed by atoms with Crippen molar-refractivity contribution < 1.29 is 19.2 Å². The van der Waals surface area contributed by atoms with E-state index in [4.69, 9.17) is 5.21 Å². The summed E-state index contributed by atoms with van der Waals surface area (Å²) in [5, 5.41) is 15.7. The Morgan fingerprint density at radius 2 is 1.89 bits per heavy atom. The zero-order chi connectivity index (χ0) is 24.8. The number of amides is 2. The van der Waals surface area contributed by atoms with Crippen molar-refractivity contribution in [3.05, 3.63) is 100 Å². The molecule has 6 rings (SSSR count). The first kappa shape index (κ1) is 21.7. The topological polar surface area (TPSA) is 110 Å². The lowest BCUT2D eigenvalue weighted by Crippen LogP contribution is -2.47. The lowest BCUT2D eigenvalue weighted by molar-refractivity contribution is -0.120. The molecule has 0 saturated carbocycles. The molecule has 1 aromatic heterocycles. The number of oxime groups is 1. The van der Waals surface area contributed by atoms with E-state index in [-0.39, 0.29) is 11.3 Å². The number of nitrogens with one attached hydrogen (secondary N) is 2. The average Bonchev–Trinajstić information content (AvgIpc) is 3.46. The molecule has 8 nitrogen and oxygen atoms in total. The van der Waals surface area contributed by atoms with Gasteiger partial charge in [0.2, 0.25) is 6.17 Å². The molecular weight excluding hydrogens is 461 g/mol. The predicted molar refractivity (Wildman–Crippen MR) is 133 cm³/mol. The molecule has 0 spiro atoms. The summed E-state index contributed by atoms with van der Waals surface area (Å²) in [6, 6.07) is 19.0. The normalized spacial score (nSPS) is 16.8. The van der Waals surface area contributed by atoms with E-state index in [1.54, 1.807) is 41.3 Å². The van der Waals surface area contributed by atoms with Crippen molar-refractivity contribution in [2.45, 2.75) is 12.6 Å². The summed E-state index contributed by atoms with van der Waals surface area (Å²) < 4.78 is 14.9. The molecule has 2 aliphatic heterocycles. The molecule has 36 heavy (non-hydrogen) atoms. The lowest BCUT2D eigenvalue weighted by atomic mass is 9.98. The second-order valence-corrected chi connectivity index (χ2v) is 8.59. The third-order valence-corrected chi connectivity index (χ3v) is 6.56. The number of benzene rings is 3. The quantitative estimate of drug-likeness (QED) is 0.235. The number of H-pyrrole nitrogens is 1. The molecule has 178 valence electrons. The Morgan fingerprint density at radius 1 is 1.11 bits per heavy atom. The van der Waals surface area contributed by atoms with Crippen LogP contribution in [-0.4, -0.2) is 46.6 Å². The van der Waals surface area contributed by atoms with E-state index < -0.39 is 23.8 Å². The third-order valence-electron chi connectivity index (χ3n) is 6.56. The van der Waals surface area contributed by atoms with E-state index in [9.17, 15) is 14.0 Å². The minimum Gasteiger partial charge on any atom is -0.411 e. The molecule has 4 aromatic rings. The molecule has 0 saturated heterocycles. The number of carbonyl (C=O) groups excluding carboxylic acids is 2. The maximum atomic E-state index is 14.9. The summed E-state index contributed by atoms with van der Waals surface area (Å²) in [5.74, 6) is -1.49. The Morgan fingerprint density at radius 3 is 2.72 bits per heavy atom. The van der Waals surface area contributed by atoms with Crippen LogP contribution in [0.15, 0.2) is 76.9 Å². The largest absolute Gasteiger partial charge is 0.411 e. The fraction of sp³-hybridized carbons (Fsp3) is 0.111. The summed E-state index contributed by atoms with van der Waals surface area (Å²) in [5.41, 5.74) is 3.99. The van der Waals surface area contributed by atoms with Gasteiger partial charge in [0.15, 0.2) is 0 Å². The molecular formula is C27H20FN5O3. The molecule has 2 aliphatic rings. The maximum absolute atomic E-state index is 14.9. The zero-order valence-electron chi connectivity index (χ0n) is 18.9. The smallest absolute Gasteiger partial charge is 0.272 e. The summed E-state index contributed by atoms with van der Waals surface area (Å²) in [6.45, 7) is 0.437. The Balaban J connectivity index is 1.47. The summed E-state index contributed by atoms with van der Waals surface area (Å²) in [4.78, 5) is 36.3. The van der Waals surface area contributed by atoms with Gasteiger partial charge in [0.05, 0.1) is 17.6 Å². The number of anilines is 1. The summed E-state index contributed by atoms with van der Waals surface area (Å²) in [6.07, 6.45) is 0.522. The number of hydrogen-bond donors (Lipinski definition) is 3. The number of halogens is 1. The van der Waals surface area contributed by atoms with Crippen LogP contribution in [0.4, 0.5) is 10.1 Å². The number of nitrogens with zero attached hydrogens (tertiary/aromatic N) is 3. The zero-order valence-corrected chi connectivity index (χ0v) is 18.9. The van der Waals surface area contributed by atoms with Gasteiger partial charge < -0.3 is 20.4 Å². The van der Waals surface area contributed by atoms with Crippen LogP contribution in [0.3, 0.4) is 0 Å².